The normalized spacial score (nSPS) is 21.8. The van der Waals surface area contributed by atoms with Crippen LogP contribution in [0.2, 0.25) is 5.04 Å². The molecule has 1 fully saturated rings. The zero-order chi connectivity index (χ0) is 20.6. The van der Waals surface area contributed by atoms with Crippen LogP contribution in [0.1, 0.15) is 54.9 Å². The van der Waals surface area contributed by atoms with E-state index in [1.807, 2.05) is 0 Å². The van der Waals surface area contributed by atoms with E-state index in [1.54, 1.807) is 0 Å². The highest BCUT2D eigenvalue weighted by Crippen LogP contribution is 2.39. The van der Waals surface area contributed by atoms with Gasteiger partial charge in [-0.1, -0.05) is 81.4 Å². The van der Waals surface area contributed by atoms with Crippen LogP contribution < -0.4 is 10.4 Å². The second kappa shape index (κ2) is 7.77. The molecule has 0 bridgehead atoms. The van der Waals surface area contributed by atoms with Gasteiger partial charge in [0.15, 0.2) is 0 Å². The molecule has 0 unspecified atom stereocenters. The first-order chi connectivity index (χ1) is 13.1. The Balaban J connectivity index is 2.08. The molecule has 2 aromatic carbocycles. The van der Waals surface area contributed by atoms with Crippen molar-refractivity contribution in [1.82, 2.24) is 4.90 Å². The van der Waals surface area contributed by atoms with Gasteiger partial charge in [-0.2, -0.15) is 0 Å². The Bertz CT molecular complexity index is 721. The van der Waals surface area contributed by atoms with Gasteiger partial charge in [0.1, 0.15) is 0 Å². The van der Waals surface area contributed by atoms with Gasteiger partial charge in [-0.3, -0.25) is 4.90 Å². The Labute approximate surface area is 173 Å². The largest absolute Gasteiger partial charge is 0.403 e. The van der Waals surface area contributed by atoms with E-state index < -0.39 is 8.32 Å². The van der Waals surface area contributed by atoms with Gasteiger partial charge < -0.3 is 4.43 Å². The Morgan fingerprint density at radius 2 is 1.29 bits per heavy atom. The standard InChI is InChI=1S/C25H37NOSi/c1-20-18-21(19-26(20)24(2,3)4)27-28(25(5,6)7,22-14-10-8-11-15-22)23-16-12-9-13-17-23/h8-17,20-21H,18-19H2,1-7H3/t20-,21+/m0/s1. The Kier molecular flexibility index (Phi) is 5.91. The molecule has 0 saturated carbocycles. The topological polar surface area (TPSA) is 12.5 Å². The van der Waals surface area contributed by atoms with Crippen LogP contribution in [0.5, 0.6) is 0 Å². The van der Waals surface area contributed by atoms with Gasteiger partial charge >= 0.3 is 0 Å². The molecule has 1 aliphatic heterocycles. The van der Waals surface area contributed by atoms with Crippen molar-refractivity contribution in [2.45, 2.75) is 77.6 Å². The maximum absolute atomic E-state index is 7.33. The summed E-state index contributed by atoms with van der Waals surface area (Å²) in [5, 5.41) is 2.78. The van der Waals surface area contributed by atoms with Crippen molar-refractivity contribution in [3.63, 3.8) is 0 Å². The molecule has 0 radical (unpaired) electrons. The molecule has 0 N–H and O–H groups in total. The molecule has 152 valence electrons. The van der Waals surface area contributed by atoms with Crippen molar-refractivity contribution in [3.05, 3.63) is 60.7 Å². The lowest BCUT2D eigenvalue weighted by Crippen LogP contribution is -2.68. The minimum atomic E-state index is -2.46. The number of hydrogen-bond donors (Lipinski definition) is 0. The summed E-state index contributed by atoms with van der Waals surface area (Å²) in [5.74, 6) is 0. The third kappa shape index (κ3) is 3.98. The van der Waals surface area contributed by atoms with Crippen LogP contribution >= 0.6 is 0 Å². The quantitative estimate of drug-likeness (QED) is 0.688. The van der Waals surface area contributed by atoms with Gasteiger partial charge in [0.25, 0.3) is 8.32 Å². The van der Waals surface area contributed by atoms with E-state index in [0.29, 0.717) is 6.04 Å². The third-order valence-electron chi connectivity index (χ3n) is 6.16. The van der Waals surface area contributed by atoms with Gasteiger partial charge in [0.2, 0.25) is 0 Å². The molecule has 1 heterocycles. The highest BCUT2D eigenvalue weighted by Gasteiger charge is 2.52. The molecule has 0 spiro atoms. The minimum Gasteiger partial charge on any atom is -0.403 e. The van der Waals surface area contributed by atoms with Gasteiger partial charge in [0.05, 0.1) is 6.10 Å². The van der Waals surface area contributed by atoms with Gasteiger partial charge in [-0.15, -0.1) is 0 Å². The minimum absolute atomic E-state index is 0.0358. The van der Waals surface area contributed by atoms with E-state index in [9.17, 15) is 0 Å². The summed E-state index contributed by atoms with van der Waals surface area (Å²) >= 11 is 0. The van der Waals surface area contributed by atoms with Crippen LogP contribution in [0.25, 0.3) is 0 Å². The Hall–Kier alpha value is -1.42. The average Bonchev–Trinajstić information content (AvgIpc) is 3.01. The first kappa shape index (κ1) is 21.3. The highest BCUT2D eigenvalue weighted by atomic mass is 28.4. The lowest BCUT2D eigenvalue weighted by molar-refractivity contribution is 0.113. The van der Waals surface area contributed by atoms with Crippen molar-refractivity contribution >= 4 is 18.7 Å². The van der Waals surface area contributed by atoms with Crippen molar-refractivity contribution < 1.29 is 4.43 Å². The number of hydrogen-bond acceptors (Lipinski definition) is 2. The molecule has 2 aromatic rings. The summed E-state index contributed by atoms with van der Waals surface area (Å²) in [6.45, 7) is 17.4. The summed E-state index contributed by atoms with van der Waals surface area (Å²) in [7, 11) is -2.46. The molecule has 1 saturated heterocycles. The summed E-state index contributed by atoms with van der Waals surface area (Å²) in [5.41, 5.74) is 0.170. The molecular weight excluding hydrogens is 358 g/mol. The third-order valence-corrected chi connectivity index (χ3v) is 11.3. The van der Waals surface area contributed by atoms with Crippen molar-refractivity contribution in [2.75, 3.05) is 6.54 Å². The van der Waals surface area contributed by atoms with E-state index in [4.69, 9.17) is 4.43 Å². The predicted octanol–water partition coefficient (Wildman–Crippen LogP) is 4.82. The van der Waals surface area contributed by atoms with Crippen molar-refractivity contribution in [3.8, 4) is 0 Å². The monoisotopic (exact) mass is 395 g/mol. The molecule has 2 nitrogen and oxygen atoms in total. The van der Waals surface area contributed by atoms with E-state index in [1.165, 1.54) is 10.4 Å². The maximum Gasteiger partial charge on any atom is 0.261 e. The Morgan fingerprint density at radius 1 is 0.821 bits per heavy atom. The van der Waals surface area contributed by atoms with E-state index in [2.05, 4.69) is 114 Å². The summed E-state index contributed by atoms with van der Waals surface area (Å²) in [4.78, 5) is 2.61. The SMILES string of the molecule is C[C@H]1C[C@@H](O[Si](c2ccccc2)(c2ccccc2)C(C)(C)C)CN1C(C)(C)C. The summed E-state index contributed by atoms with van der Waals surface area (Å²) in [6.07, 6.45) is 1.36. The summed E-state index contributed by atoms with van der Waals surface area (Å²) < 4.78 is 7.33. The first-order valence-electron chi connectivity index (χ1n) is 10.6. The van der Waals surface area contributed by atoms with Gasteiger partial charge in [0, 0.05) is 18.1 Å². The smallest absolute Gasteiger partial charge is 0.261 e. The van der Waals surface area contributed by atoms with E-state index in [-0.39, 0.29) is 16.7 Å². The number of rotatable bonds is 4. The molecule has 2 atom stereocenters. The average molecular weight is 396 g/mol. The predicted molar refractivity (Wildman–Crippen MR) is 123 cm³/mol. The van der Waals surface area contributed by atoms with Gasteiger partial charge in [-0.25, -0.2) is 0 Å². The molecule has 0 aliphatic carbocycles. The number of nitrogens with zero attached hydrogens (tertiary/aromatic N) is 1. The zero-order valence-corrected chi connectivity index (χ0v) is 19.7. The van der Waals surface area contributed by atoms with E-state index in [0.717, 1.165) is 13.0 Å². The highest BCUT2D eigenvalue weighted by molar-refractivity contribution is 6.99. The van der Waals surface area contributed by atoms with Crippen molar-refractivity contribution in [1.29, 1.82) is 0 Å². The zero-order valence-electron chi connectivity index (χ0n) is 18.7. The fourth-order valence-corrected chi connectivity index (χ4v) is 9.63. The molecule has 28 heavy (non-hydrogen) atoms. The Morgan fingerprint density at radius 3 is 1.64 bits per heavy atom. The van der Waals surface area contributed by atoms with E-state index >= 15 is 0 Å². The summed E-state index contributed by atoms with van der Waals surface area (Å²) in [6, 6.07) is 22.5. The maximum atomic E-state index is 7.33. The molecule has 3 heteroatoms. The van der Waals surface area contributed by atoms with Crippen LogP contribution in [0.3, 0.4) is 0 Å². The number of benzene rings is 2. The first-order valence-corrected chi connectivity index (χ1v) is 12.5. The molecule has 0 amide bonds. The van der Waals surface area contributed by atoms with Crippen molar-refractivity contribution in [2.24, 2.45) is 0 Å². The molecule has 0 aromatic heterocycles. The van der Waals surface area contributed by atoms with Crippen LogP contribution in [-0.4, -0.2) is 37.4 Å². The van der Waals surface area contributed by atoms with Crippen LogP contribution in [0.4, 0.5) is 0 Å². The fourth-order valence-electron chi connectivity index (χ4n) is 4.94. The van der Waals surface area contributed by atoms with Crippen LogP contribution in [0, 0.1) is 0 Å². The molecular formula is C25H37NOSi. The van der Waals surface area contributed by atoms with Crippen LogP contribution in [-0.2, 0) is 4.43 Å². The molecule has 1 aliphatic rings. The molecule has 3 rings (SSSR count). The number of likely N-dealkylation sites (tertiary alicyclic amines) is 1. The second-order valence-corrected chi connectivity index (χ2v) is 14.6. The lowest BCUT2D eigenvalue weighted by atomic mass is 10.1. The van der Waals surface area contributed by atoms with Crippen LogP contribution in [0.15, 0.2) is 60.7 Å². The van der Waals surface area contributed by atoms with Gasteiger partial charge in [-0.05, 0) is 49.5 Å². The lowest BCUT2D eigenvalue weighted by Gasteiger charge is -2.45. The second-order valence-electron chi connectivity index (χ2n) is 10.3. The fraction of sp³-hybridized carbons (Fsp3) is 0.520.